The monoisotopic (exact) mass is 294 g/mol. The maximum atomic E-state index is 3.58. The van der Waals surface area contributed by atoms with Crippen LogP contribution in [0, 0.1) is 0 Å². The minimum Gasteiger partial charge on any atom is -0.221 e. The molecule has 1 aliphatic heterocycles. The summed E-state index contributed by atoms with van der Waals surface area (Å²) in [5, 5.41) is 1.20. The van der Waals surface area contributed by atoms with Gasteiger partial charge in [-0.3, -0.25) is 0 Å². The molecule has 2 heterocycles. The van der Waals surface area contributed by atoms with E-state index < -0.39 is 0 Å². The van der Waals surface area contributed by atoms with Gasteiger partial charge in [-0.05, 0) is 30.8 Å². The van der Waals surface area contributed by atoms with Crippen LogP contribution in [0.25, 0.3) is 16.7 Å². The van der Waals surface area contributed by atoms with Crippen molar-refractivity contribution in [3.05, 3.63) is 65.1 Å². The molecule has 0 unspecified atom stereocenters. The van der Waals surface area contributed by atoms with Gasteiger partial charge in [0, 0.05) is 10.5 Å². The summed E-state index contributed by atoms with van der Waals surface area (Å²) >= 11 is 1.81. The third kappa shape index (κ3) is 1.87. The molecule has 1 N–H and O–H groups in total. The molecule has 21 heavy (non-hydrogen) atoms. The first kappa shape index (κ1) is 12.5. The van der Waals surface area contributed by atoms with E-state index in [9.17, 15) is 0 Å². The number of aromatic nitrogens is 2. The lowest BCUT2D eigenvalue weighted by Crippen LogP contribution is -2.33. The molecular weight excluding hydrogens is 278 g/mol. The first-order valence-electron chi connectivity index (χ1n) is 6.96. The van der Waals surface area contributed by atoms with Gasteiger partial charge in [-0.1, -0.05) is 42.5 Å². The van der Waals surface area contributed by atoms with Crippen molar-refractivity contribution < 1.29 is 4.57 Å². The molecule has 0 bridgehead atoms. The van der Waals surface area contributed by atoms with E-state index >= 15 is 0 Å². The predicted octanol–water partition coefficient (Wildman–Crippen LogP) is 3.50. The molecule has 0 spiro atoms. The van der Waals surface area contributed by atoms with Crippen molar-refractivity contribution in [2.75, 3.05) is 5.43 Å². The number of benzene rings is 2. The lowest BCUT2D eigenvalue weighted by atomic mass is 10.1. The highest BCUT2D eigenvalue weighted by Gasteiger charge is 2.29. The lowest BCUT2D eigenvalue weighted by Gasteiger charge is -2.17. The molecule has 4 rings (SSSR count). The molecule has 0 atom stereocenters. The number of imidazole rings is 1. The van der Waals surface area contributed by atoms with Crippen molar-refractivity contribution in [3.8, 4) is 0 Å². The second kappa shape index (κ2) is 4.67. The minimum atomic E-state index is 1.18. The van der Waals surface area contributed by atoms with Crippen LogP contribution < -0.4 is 9.99 Å². The van der Waals surface area contributed by atoms with Crippen molar-refractivity contribution in [1.29, 1.82) is 0 Å². The summed E-state index contributed by atoms with van der Waals surface area (Å²) in [6, 6.07) is 18.9. The zero-order chi connectivity index (χ0) is 14.4. The Morgan fingerprint density at radius 3 is 2.52 bits per heavy atom. The highest BCUT2D eigenvalue weighted by atomic mass is 32.2. The van der Waals surface area contributed by atoms with E-state index in [0.29, 0.717) is 0 Å². The first-order valence-corrected chi connectivity index (χ1v) is 7.78. The fraction of sp³-hybridized carbons (Fsp3) is 0.118. The maximum absolute atomic E-state index is 3.58. The number of para-hydroxylation sites is 2. The number of hydrogen-bond acceptors (Lipinski definition) is 2. The maximum Gasteiger partial charge on any atom is 0.347 e. The molecule has 3 aromatic rings. The summed E-state index contributed by atoms with van der Waals surface area (Å²) in [6.07, 6.45) is 0. The van der Waals surface area contributed by atoms with Crippen molar-refractivity contribution >= 4 is 28.5 Å². The number of aryl methyl sites for hydroxylation is 1. The van der Waals surface area contributed by atoms with Crippen LogP contribution in [0.1, 0.15) is 12.5 Å². The fourth-order valence-corrected chi connectivity index (χ4v) is 3.78. The normalized spacial score (nSPS) is 14.2. The number of hydrogen-bond donors (Lipinski definition) is 1. The van der Waals surface area contributed by atoms with Crippen LogP contribution in [0.2, 0.25) is 0 Å². The molecule has 2 aromatic carbocycles. The van der Waals surface area contributed by atoms with E-state index in [-0.39, 0.29) is 0 Å². The van der Waals surface area contributed by atoms with Crippen LogP contribution in [0.4, 0.5) is 0 Å². The quantitative estimate of drug-likeness (QED) is 0.693. The SMILES string of the molecule is CC1=C(c2ccccc2)Nn2c([n+](C)c3ccccc32)S1. The molecule has 3 nitrogen and oxygen atoms in total. The van der Waals surface area contributed by atoms with Crippen LogP contribution >= 0.6 is 11.8 Å². The summed E-state index contributed by atoms with van der Waals surface area (Å²) in [5.41, 5.74) is 8.40. The Morgan fingerprint density at radius 2 is 1.71 bits per heavy atom. The van der Waals surface area contributed by atoms with Gasteiger partial charge in [0.2, 0.25) is 5.52 Å². The molecule has 0 amide bonds. The van der Waals surface area contributed by atoms with Gasteiger partial charge in [0.1, 0.15) is 0 Å². The molecule has 0 aliphatic carbocycles. The molecule has 0 saturated carbocycles. The molecule has 4 heteroatoms. The van der Waals surface area contributed by atoms with Gasteiger partial charge in [0.15, 0.2) is 5.52 Å². The van der Waals surface area contributed by atoms with Gasteiger partial charge in [-0.2, -0.15) is 0 Å². The highest BCUT2D eigenvalue weighted by Crippen LogP contribution is 2.36. The topological polar surface area (TPSA) is 20.8 Å². The summed E-state index contributed by atoms with van der Waals surface area (Å²) < 4.78 is 4.41. The van der Waals surface area contributed by atoms with Crippen LogP contribution in [0.5, 0.6) is 0 Å². The van der Waals surface area contributed by atoms with E-state index in [1.165, 1.54) is 32.4 Å². The van der Waals surface area contributed by atoms with E-state index in [2.05, 4.69) is 77.2 Å². The van der Waals surface area contributed by atoms with Crippen LogP contribution in [0.3, 0.4) is 0 Å². The van der Waals surface area contributed by atoms with Gasteiger partial charge in [-0.15, -0.1) is 4.68 Å². The number of nitrogens with one attached hydrogen (secondary N) is 1. The first-order chi connectivity index (χ1) is 10.3. The van der Waals surface area contributed by atoms with Crippen LogP contribution in [-0.2, 0) is 7.05 Å². The third-order valence-corrected chi connectivity index (χ3v) is 4.99. The van der Waals surface area contributed by atoms with E-state index in [1.807, 2.05) is 17.8 Å². The van der Waals surface area contributed by atoms with Crippen LogP contribution in [0.15, 0.2) is 64.7 Å². The van der Waals surface area contributed by atoms with Crippen molar-refractivity contribution in [2.45, 2.75) is 12.1 Å². The highest BCUT2D eigenvalue weighted by molar-refractivity contribution is 8.03. The van der Waals surface area contributed by atoms with Gasteiger partial charge < -0.3 is 0 Å². The van der Waals surface area contributed by atoms with Gasteiger partial charge in [0.25, 0.3) is 0 Å². The number of rotatable bonds is 1. The Morgan fingerprint density at radius 1 is 1.00 bits per heavy atom. The Bertz CT molecular complexity index is 862. The summed E-state index contributed by atoms with van der Waals surface area (Å²) in [4.78, 5) is 1.28. The average Bonchev–Trinajstić information content (AvgIpc) is 2.80. The Hall–Kier alpha value is -2.20. The molecule has 104 valence electrons. The Balaban J connectivity index is 1.90. The zero-order valence-electron chi connectivity index (χ0n) is 12.0. The van der Waals surface area contributed by atoms with E-state index in [4.69, 9.17) is 0 Å². The van der Waals surface area contributed by atoms with Crippen molar-refractivity contribution in [2.24, 2.45) is 7.05 Å². The molecule has 0 saturated heterocycles. The Labute approximate surface area is 127 Å². The van der Waals surface area contributed by atoms with Crippen molar-refractivity contribution in [1.82, 2.24) is 4.68 Å². The molecule has 1 aromatic heterocycles. The largest absolute Gasteiger partial charge is 0.347 e. The molecule has 1 aliphatic rings. The zero-order valence-corrected chi connectivity index (χ0v) is 12.8. The Kier molecular flexibility index (Phi) is 2.79. The number of thioether (sulfide) groups is 1. The van der Waals surface area contributed by atoms with Gasteiger partial charge in [0.05, 0.1) is 12.7 Å². The fourth-order valence-electron chi connectivity index (χ4n) is 2.77. The molecule has 0 fully saturated rings. The molecular formula is C17H16N3S+. The standard InChI is InChI=1S/C17H16N3S/c1-12-16(13-8-4-3-5-9-13)18-20-15-11-7-6-10-14(15)19(2)17(20)21-12/h3-11,18H,1-2H3/q+1. The van der Waals surface area contributed by atoms with E-state index in [0.717, 1.165) is 0 Å². The smallest absolute Gasteiger partial charge is 0.221 e. The van der Waals surface area contributed by atoms with Gasteiger partial charge in [-0.25, -0.2) is 9.99 Å². The van der Waals surface area contributed by atoms with E-state index in [1.54, 1.807) is 0 Å². The average molecular weight is 294 g/mol. The summed E-state index contributed by atoms with van der Waals surface area (Å²) in [5.74, 6) is 0. The number of nitrogens with zero attached hydrogens (tertiary/aromatic N) is 2. The van der Waals surface area contributed by atoms with Crippen LogP contribution in [-0.4, -0.2) is 4.68 Å². The number of fused-ring (bicyclic) bond motifs is 3. The predicted molar refractivity (Wildman–Crippen MR) is 87.4 cm³/mol. The number of allylic oxidation sites excluding steroid dienone is 1. The minimum absolute atomic E-state index is 1.18. The lowest BCUT2D eigenvalue weighted by molar-refractivity contribution is -0.685. The van der Waals surface area contributed by atoms with Gasteiger partial charge >= 0.3 is 5.16 Å². The molecule has 0 radical (unpaired) electrons. The third-order valence-electron chi connectivity index (χ3n) is 3.84. The summed E-state index contributed by atoms with van der Waals surface area (Å²) in [7, 11) is 2.11. The second-order valence-corrected chi connectivity index (χ2v) is 6.36. The van der Waals surface area contributed by atoms with Crippen molar-refractivity contribution in [3.63, 3.8) is 0 Å². The second-order valence-electron chi connectivity index (χ2n) is 5.18. The summed E-state index contributed by atoms with van der Waals surface area (Å²) in [6.45, 7) is 2.17.